The number of thiophene rings is 1. The van der Waals surface area contributed by atoms with Gasteiger partial charge in [-0.3, -0.25) is 19.7 Å². The first-order valence-corrected chi connectivity index (χ1v) is 14.5. The maximum absolute atomic E-state index is 13.1. The van der Waals surface area contributed by atoms with Crippen LogP contribution < -0.4 is 10.6 Å². The molecule has 0 spiro atoms. The molecule has 2 N–H and O–H groups in total. The summed E-state index contributed by atoms with van der Waals surface area (Å²) in [7, 11) is 1.66. The molecule has 1 aromatic carbocycles. The molecule has 0 aliphatic heterocycles. The molecule has 0 saturated carbocycles. The van der Waals surface area contributed by atoms with E-state index in [2.05, 4.69) is 20.8 Å². The SMILES string of the molecule is CCOC(=O)c1sc(NC(=O)[C@H](C)Sc2nnc(CNC(=O)c3ccc(C)c([N+](=O)[O-])c3)n2C)c(C(=O)OCC)c1C. The first-order valence-electron chi connectivity index (χ1n) is 12.8. The van der Waals surface area contributed by atoms with Gasteiger partial charge in [-0.15, -0.1) is 21.5 Å². The minimum Gasteiger partial charge on any atom is -0.462 e. The van der Waals surface area contributed by atoms with Crippen LogP contribution in [0.5, 0.6) is 0 Å². The van der Waals surface area contributed by atoms with E-state index in [-0.39, 0.29) is 46.5 Å². The number of benzene rings is 1. The number of nitro benzene ring substituents is 1. The first-order chi connectivity index (χ1) is 19.9. The molecule has 2 heterocycles. The van der Waals surface area contributed by atoms with E-state index in [9.17, 15) is 29.3 Å². The summed E-state index contributed by atoms with van der Waals surface area (Å²) in [6, 6.07) is 4.20. The van der Waals surface area contributed by atoms with E-state index in [0.29, 0.717) is 22.1 Å². The van der Waals surface area contributed by atoms with E-state index < -0.39 is 33.9 Å². The monoisotopic (exact) mass is 618 g/mol. The topological polar surface area (TPSA) is 185 Å². The molecule has 3 rings (SSSR count). The zero-order valence-corrected chi connectivity index (χ0v) is 25.4. The van der Waals surface area contributed by atoms with Crippen LogP contribution in [0.3, 0.4) is 0 Å². The molecule has 42 heavy (non-hydrogen) atoms. The molecule has 0 radical (unpaired) electrons. The van der Waals surface area contributed by atoms with Crippen molar-refractivity contribution < 1.29 is 33.6 Å². The Balaban J connectivity index is 1.70. The Kier molecular flexibility index (Phi) is 10.8. The van der Waals surface area contributed by atoms with E-state index in [0.717, 1.165) is 23.1 Å². The van der Waals surface area contributed by atoms with Crippen LogP contribution in [0.25, 0.3) is 0 Å². The summed E-state index contributed by atoms with van der Waals surface area (Å²) in [6.45, 7) is 8.37. The van der Waals surface area contributed by atoms with Gasteiger partial charge < -0.3 is 24.7 Å². The smallest absolute Gasteiger partial charge is 0.348 e. The van der Waals surface area contributed by atoms with Gasteiger partial charge in [0, 0.05) is 24.2 Å². The van der Waals surface area contributed by atoms with Gasteiger partial charge in [0.05, 0.1) is 35.5 Å². The molecule has 2 aromatic heterocycles. The third-order valence-corrected chi connectivity index (χ3v) is 8.30. The predicted octanol–water partition coefficient (Wildman–Crippen LogP) is 3.80. The molecule has 0 fully saturated rings. The van der Waals surface area contributed by atoms with Crippen LogP contribution >= 0.6 is 23.1 Å². The number of nitro groups is 1. The van der Waals surface area contributed by atoms with Crippen molar-refractivity contribution in [3.8, 4) is 0 Å². The van der Waals surface area contributed by atoms with Gasteiger partial charge in [0.1, 0.15) is 9.88 Å². The fraction of sp³-hybridized carbons (Fsp3) is 0.385. The van der Waals surface area contributed by atoms with E-state index in [4.69, 9.17) is 9.47 Å². The van der Waals surface area contributed by atoms with Crippen molar-refractivity contribution in [1.82, 2.24) is 20.1 Å². The highest BCUT2D eigenvalue weighted by Crippen LogP contribution is 2.35. The summed E-state index contributed by atoms with van der Waals surface area (Å²) in [5.74, 6) is -1.86. The van der Waals surface area contributed by atoms with Crippen molar-refractivity contribution in [3.05, 3.63) is 61.3 Å². The summed E-state index contributed by atoms with van der Waals surface area (Å²) in [5.41, 5.74) is 0.858. The van der Waals surface area contributed by atoms with Gasteiger partial charge in [-0.25, -0.2) is 9.59 Å². The second-order valence-electron chi connectivity index (χ2n) is 8.85. The number of aryl methyl sites for hydroxylation is 1. The Morgan fingerprint density at radius 1 is 1.12 bits per heavy atom. The molecule has 0 aliphatic rings. The van der Waals surface area contributed by atoms with Crippen LogP contribution in [0, 0.1) is 24.0 Å². The molecule has 0 saturated heterocycles. The molecule has 0 bridgehead atoms. The number of ether oxygens (including phenoxy) is 2. The summed E-state index contributed by atoms with van der Waals surface area (Å²) < 4.78 is 11.8. The number of aromatic nitrogens is 3. The van der Waals surface area contributed by atoms with Gasteiger partial charge in [0.25, 0.3) is 11.6 Å². The second kappa shape index (κ2) is 14.0. The molecular weight excluding hydrogens is 588 g/mol. The number of carbonyl (C=O) groups excluding carboxylic acids is 4. The summed E-state index contributed by atoms with van der Waals surface area (Å²) >= 11 is 2.02. The summed E-state index contributed by atoms with van der Waals surface area (Å²) in [6.07, 6.45) is 0. The van der Waals surface area contributed by atoms with Crippen LogP contribution in [-0.2, 0) is 27.9 Å². The molecule has 14 nitrogen and oxygen atoms in total. The van der Waals surface area contributed by atoms with Crippen molar-refractivity contribution in [2.45, 2.75) is 51.6 Å². The Bertz CT molecular complexity index is 1530. The van der Waals surface area contributed by atoms with Crippen LogP contribution in [0.4, 0.5) is 10.7 Å². The summed E-state index contributed by atoms with van der Waals surface area (Å²) in [4.78, 5) is 61.5. The van der Waals surface area contributed by atoms with Crippen molar-refractivity contribution >= 4 is 57.5 Å². The Hall–Kier alpha value is -4.31. The Morgan fingerprint density at radius 2 is 1.79 bits per heavy atom. The fourth-order valence-electron chi connectivity index (χ4n) is 3.68. The number of hydrogen-bond acceptors (Lipinski definition) is 12. The molecule has 2 amide bonds. The average molecular weight is 619 g/mol. The van der Waals surface area contributed by atoms with Crippen molar-refractivity contribution in [3.63, 3.8) is 0 Å². The van der Waals surface area contributed by atoms with Gasteiger partial charge in [-0.1, -0.05) is 17.8 Å². The number of nitrogens with zero attached hydrogens (tertiary/aromatic N) is 4. The maximum Gasteiger partial charge on any atom is 0.348 e. The van der Waals surface area contributed by atoms with E-state index in [1.807, 2.05) is 0 Å². The highest BCUT2D eigenvalue weighted by atomic mass is 32.2. The Morgan fingerprint density at radius 3 is 2.43 bits per heavy atom. The minimum absolute atomic E-state index is 0.0147. The lowest BCUT2D eigenvalue weighted by molar-refractivity contribution is -0.385. The molecule has 224 valence electrons. The van der Waals surface area contributed by atoms with Crippen molar-refractivity contribution in [1.29, 1.82) is 0 Å². The number of rotatable bonds is 12. The van der Waals surface area contributed by atoms with E-state index >= 15 is 0 Å². The zero-order chi connectivity index (χ0) is 31.1. The van der Waals surface area contributed by atoms with Crippen LogP contribution in [0.2, 0.25) is 0 Å². The van der Waals surface area contributed by atoms with E-state index in [1.165, 1.54) is 18.2 Å². The fourth-order valence-corrected chi connectivity index (χ4v) is 5.60. The largest absolute Gasteiger partial charge is 0.462 e. The summed E-state index contributed by atoms with van der Waals surface area (Å²) in [5, 5.41) is 24.6. The maximum atomic E-state index is 13.1. The number of anilines is 1. The number of thioether (sulfide) groups is 1. The van der Waals surface area contributed by atoms with Gasteiger partial charge >= 0.3 is 11.9 Å². The lowest BCUT2D eigenvalue weighted by Gasteiger charge is -2.12. The van der Waals surface area contributed by atoms with Crippen LogP contribution in [-0.4, -0.2) is 61.9 Å². The third-order valence-electron chi connectivity index (χ3n) is 5.98. The predicted molar refractivity (Wildman–Crippen MR) is 155 cm³/mol. The van der Waals surface area contributed by atoms with Gasteiger partial charge in [0.2, 0.25) is 5.91 Å². The van der Waals surface area contributed by atoms with Crippen molar-refractivity contribution in [2.75, 3.05) is 18.5 Å². The number of amides is 2. The first kappa shape index (κ1) is 32.2. The highest BCUT2D eigenvalue weighted by Gasteiger charge is 2.29. The molecule has 16 heteroatoms. The normalized spacial score (nSPS) is 11.5. The highest BCUT2D eigenvalue weighted by molar-refractivity contribution is 8.00. The van der Waals surface area contributed by atoms with Gasteiger partial charge in [-0.2, -0.15) is 0 Å². The standard InChI is InChI=1S/C26H30N6O8S2/c1-7-39-24(35)19-14(4)20(25(36)40-8-2)42-23(19)28-21(33)15(5)41-26-30-29-18(31(26)6)12-27-22(34)16-10-9-13(3)17(11-16)32(37)38/h9-11,15H,7-8,12H2,1-6H3,(H,27,34)(H,28,33)/t15-/m0/s1. The number of carbonyl (C=O) groups is 4. The van der Waals surface area contributed by atoms with Crippen molar-refractivity contribution in [2.24, 2.45) is 7.05 Å². The molecule has 0 aliphatic carbocycles. The van der Waals surface area contributed by atoms with Crippen LogP contribution in [0.1, 0.15) is 68.1 Å². The number of hydrogen-bond donors (Lipinski definition) is 2. The number of nitrogens with one attached hydrogen (secondary N) is 2. The molecule has 3 aromatic rings. The second-order valence-corrected chi connectivity index (χ2v) is 11.2. The quantitative estimate of drug-likeness (QED) is 0.130. The lowest BCUT2D eigenvalue weighted by atomic mass is 10.1. The van der Waals surface area contributed by atoms with Gasteiger partial charge in [0.15, 0.2) is 11.0 Å². The van der Waals surface area contributed by atoms with Gasteiger partial charge in [-0.05, 0) is 46.2 Å². The Labute approximate surface area is 249 Å². The third kappa shape index (κ3) is 7.30. The lowest BCUT2D eigenvalue weighted by Crippen LogP contribution is -2.25. The average Bonchev–Trinajstić information content (AvgIpc) is 3.45. The minimum atomic E-state index is -0.702. The molecule has 1 atom stereocenters. The zero-order valence-electron chi connectivity index (χ0n) is 23.8. The number of esters is 2. The van der Waals surface area contributed by atoms with Crippen LogP contribution in [0.15, 0.2) is 23.4 Å². The van der Waals surface area contributed by atoms with E-state index in [1.54, 1.807) is 46.2 Å². The molecule has 0 unspecified atom stereocenters. The molecular formula is C26H30N6O8S2.